The Morgan fingerprint density at radius 2 is 1.85 bits per heavy atom. The molecule has 2 N–H and O–H groups in total. The zero-order valence-corrected chi connectivity index (χ0v) is 10.8. The number of hydrogen-bond acceptors (Lipinski definition) is 4. The van der Waals surface area contributed by atoms with E-state index >= 15 is 0 Å². The Balaban J connectivity index is 1.99. The molecule has 0 aliphatic carbocycles. The number of nitrogen functional groups attached to an aromatic ring is 1. The largest absolute Gasteiger partial charge is 0.399 e. The molecule has 0 unspecified atom stereocenters. The summed E-state index contributed by atoms with van der Waals surface area (Å²) in [5.41, 5.74) is 8.06. The first-order valence-corrected chi connectivity index (χ1v) is 6.09. The highest BCUT2D eigenvalue weighted by atomic mass is 19.1. The van der Waals surface area contributed by atoms with Gasteiger partial charge in [-0.15, -0.1) is 0 Å². The van der Waals surface area contributed by atoms with Crippen LogP contribution in [0.3, 0.4) is 0 Å². The second kappa shape index (κ2) is 4.77. The van der Waals surface area contributed by atoms with E-state index in [0.717, 1.165) is 11.1 Å². The lowest BCUT2D eigenvalue weighted by Gasteiger charge is -1.98. The van der Waals surface area contributed by atoms with Crippen molar-refractivity contribution < 1.29 is 8.91 Å². The van der Waals surface area contributed by atoms with Gasteiger partial charge in [0.15, 0.2) is 0 Å². The van der Waals surface area contributed by atoms with Gasteiger partial charge in [-0.3, -0.25) is 0 Å². The topological polar surface area (TPSA) is 64.9 Å². The Bertz CT molecular complexity index is 750. The van der Waals surface area contributed by atoms with Crippen LogP contribution in [-0.2, 0) is 0 Å². The minimum Gasteiger partial charge on any atom is -0.399 e. The highest BCUT2D eigenvalue weighted by Gasteiger charge is 2.14. The van der Waals surface area contributed by atoms with E-state index in [0.29, 0.717) is 11.5 Å². The van der Waals surface area contributed by atoms with Crippen molar-refractivity contribution in [3.05, 3.63) is 53.8 Å². The van der Waals surface area contributed by atoms with Gasteiger partial charge in [0.1, 0.15) is 5.82 Å². The number of halogens is 1. The van der Waals surface area contributed by atoms with E-state index in [-0.39, 0.29) is 11.5 Å². The summed E-state index contributed by atoms with van der Waals surface area (Å²) in [6.07, 6.45) is 0. The maximum atomic E-state index is 13.8. The van der Waals surface area contributed by atoms with Crippen LogP contribution >= 0.6 is 0 Å². The van der Waals surface area contributed by atoms with Gasteiger partial charge in [0, 0.05) is 11.3 Å². The van der Waals surface area contributed by atoms with Crippen LogP contribution in [0.5, 0.6) is 0 Å². The molecule has 4 nitrogen and oxygen atoms in total. The summed E-state index contributed by atoms with van der Waals surface area (Å²) in [7, 11) is 0. The molecule has 1 heterocycles. The van der Waals surface area contributed by atoms with Crippen molar-refractivity contribution in [1.29, 1.82) is 0 Å². The van der Waals surface area contributed by atoms with Gasteiger partial charge in [0.05, 0.1) is 5.56 Å². The summed E-state index contributed by atoms with van der Waals surface area (Å²) >= 11 is 0. The van der Waals surface area contributed by atoms with Crippen LogP contribution in [0.25, 0.3) is 22.8 Å². The molecular weight excluding hydrogens is 257 g/mol. The van der Waals surface area contributed by atoms with Crippen molar-refractivity contribution >= 4 is 5.69 Å². The smallest absolute Gasteiger partial charge is 0.261 e. The SMILES string of the molecule is Cc1ccc(-c2noc(-c3ccc(N)cc3F)n2)cc1. The first-order valence-electron chi connectivity index (χ1n) is 6.09. The molecule has 2 aromatic carbocycles. The van der Waals surface area contributed by atoms with Gasteiger partial charge in [-0.25, -0.2) is 4.39 Å². The van der Waals surface area contributed by atoms with Gasteiger partial charge in [-0.2, -0.15) is 4.98 Å². The van der Waals surface area contributed by atoms with E-state index in [1.165, 1.54) is 12.1 Å². The minimum atomic E-state index is -0.482. The Kier molecular flexibility index (Phi) is 2.95. The molecule has 0 fully saturated rings. The number of benzene rings is 2. The van der Waals surface area contributed by atoms with Crippen LogP contribution in [-0.4, -0.2) is 10.1 Å². The second-order valence-corrected chi connectivity index (χ2v) is 4.53. The molecule has 0 bridgehead atoms. The standard InChI is InChI=1S/C15H12FN3O/c1-9-2-4-10(5-3-9)14-18-15(20-19-14)12-7-6-11(17)8-13(12)16/h2-8H,17H2,1H3. The minimum absolute atomic E-state index is 0.137. The van der Waals surface area contributed by atoms with E-state index in [1.54, 1.807) is 6.07 Å². The zero-order chi connectivity index (χ0) is 14.1. The lowest BCUT2D eigenvalue weighted by molar-refractivity contribution is 0.429. The molecule has 0 aliphatic heterocycles. The van der Waals surface area contributed by atoms with Crippen LogP contribution in [0.4, 0.5) is 10.1 Å². The predicted octanol–water partition coefficient (Wildman–Crippen LogP) is 3.43. The Morgan fingerprint density at radius 3 is 2.55 bits per heavy atom. The summed E-state index contributed by atoms with van der Waals surface area (Å²) in [6.45, 7) is 2.00. The van der Waals surface area contributed by atoms with Crippen molar-refractivity contribution in [3.63, 3.8) is 0 Å². The van der Waals surface area contributed by atoms with Crippen LogP contribution in [0.15, 0.2) is 47.0 Å². The third-order valence-electron chi connectivity index (χ3n) is 2.96. The van der Waals surface area contributed by atoms with Gasteiger partial charge >= 0.3 is 0 Å². The molecular formula is C15H12FN3O. The molecule has 0 amide bonds. The molecule has 0 atom stereocenters. The Morgan fingerprint density at radius 1 is 1.10 bits per heavy atom. The van der Waals surface area contributed by atoms with Crippen molar-refractivity contribution in [2.24, 2.45) is 0 Å². The van der Waals surface area contributed by atoms with Crippen molar-refractivity contribution in [3.8, 4) is 22.8 Å². The van der Waals surface area contributed by atoms with Crippen molar-refractivity contribution in [1.82, 2.24) is 10.1 Å². The van der Waals surface area contributed by atoms with Crippen molar-refractivity contribution in [2.45, 2.75) is 6.92 Å². The lowest BCUT2D eigenvalue weighted by atomic mass is 10.1. The second-order valence-electron chi connectivity index (χ2n) is 4.53. The number of anilines is 1. The average molecular weight is 269 g/mol. The number of nitrogens with two attached hydrogens (primary N) is 1. The molecule has 0 aliphatic rings. The Labute approximate surface area is 115 Å². The predicted molar refractivity (Wildman–Crippen MR) is 74.3 cm³/mol. The van der Waals surface area contributed by atoms with Crippen LogP contribution in [0.1, 0.15) is 5.56 Å². The van der Waals surface area contributed by atoms with E-state index in [4.69, 9.17) is 10.3 Å². The molecule has 3 rings (SSSR count). The normalized spacial score (nSPS) is 10.7. The van der Waals surface area contributed by atoms with E-state index < -0.39 is 5.82 Å². The Hall–Kier alpha value is -2.69. The van der Waals surface area contributed by atoms with E-state index in [9.17, 15) is 4.39 Å². The highest BCUT2D eigenvalue weighted by molar-refractivity contribution is 5.62. The maximum absolute atomic E-state index is 13.8. The van der Waals surface area contributed by atoms with Gasteiger partial charge < -0.3 is 10.3 Å². The molecule has 0 radical (unpaired) electrons. The van der Waals surface area contributed by atoms with Crippen molar-refractivity contribution in [2.75, 3.05) is 5.73 Å². The van der Waals surface area contributed by atoms with E-state index in [1.807, 2.05) is 31.2 Å². The number of rotatable bonds is 2. The van der Waals surface area contributed by atoms with E-state index in [2.05, 4.69) is 10.1 Å². The summed E-state index contributed by atoms with van der Waals surface area (Å²) in [5, 5.41) is 3.87. The molecule has 0 saturated carbocycles. The summed E-state index contributed by atoms with van der Waals surface area (Å²) < 4.78 is 18.9. The van der Waals surface area contributed by atoms with Gasteiger partial charge in [0.25, 0.3) is 5.89 Å². The first kappa shape index (κ1) is 12.3. The number of aromatic nitrogens is 2. The van der Waals surface area contributed by atoms with Crippen LogP contribution in [0, 0.1) is 12.7 Å². The third-order valence-corrected chi connectivity index (χ3v) is 2.96. The first-order chi connectivity index (χ1) is 9.63. The zero-order valence-electron chi connectivity index (χ0n) is 10.8. The molecule has 1 aromatic heterocycles. The monoisotopic (exact) mass is 269 g/mol. The number of hydrogen-bond donors (Lipinski definition) is 1. The third kappa shape index (κ3) is 2.25. The molecule has 20 heavy (non-hydrogen) atoms. The average Bonchev–Trinajstić information content (AvgIpc) is 2.89. The van der Waals surface area contributed by atoms with Crippen LogP contribution in [0.2, 0.25) is 0 Å². The van der Waals surface area contributed by atoms with Gasteiger partial charge in [0.2, 0.25) is 5.82 Å². The molecule has 5 heteroatoms. The van der Waals surface area contributed by atoms with Gasteiger partial charge in [-0.1, -0.05) is 35.0 Å². The fourth-order valence-corrected chi connectivity index (χ4v) is 1.86. The summed E-state index contributed by atoms with van der Waals surface area (Å²) in [5.74, 6) is 0.0819. The molecule has 0 saturated heterocycles. The maximum Gasteiger partial charge on any atom is 0.261 e. The fraction of sp³-hybridized carbons (Fsp3) is 0.0667. The highest BCUT2D eigenvalue weighted by Crippen LogP contribution is 2.25. The lowest BCUT2D eigenvalue weighted by Crippen LogP contribution is -1.89. The number of aryl methyl sites for hydroxylation is 1. The quantitative estimate of drug-likeness (QED) is 0.724. The summed E-state index contributed by atoms with van der Waals surface area (Å²) in [6, 6.07) is 12.0. The van der Waals surface area contributed by atoms with Gasteiger partial charge in [-0.05, 0) is 25.1 Å². The molecule has 3 aromatic rings. The molecule has 100 valence electrons. The fourth-order valence-electron chi connectivity index (χ4n) is 1.86. The molecule has 0 spiro atoms. The summed E-state index contributed by atoms with van der Waals surface area (Å²) in [4.78, 5) is 4.21. The number of nitrogens with zero attached hydrogens (tertiary/aromatic N) is 2. The van der Waals surface area contributed by atoms with Crippen LogP contribution < -0.4 is 5.73 Å².